The second-order valence-corrected chi connectivity index (χ2v) is 6.54. The fourth-order valence-electron chi connectivity index (χ4n) is 1.79. The van der Waals surface area contributed by atoms with Crippen molar-refractivity contribution in [3.63, 3.8) is 0 Å². The van der Waals surface area contributed by atoms with Gasteiger partial charge >= 0.3 is 6.18 Å². The minimum atomic E-state index is -4.52. The van der Waals surface area contributed by atoms with E-state index in [1.54, 1.807) is 10.8 Å². The number of sulfonamides is 1. The molecule has 0 fully saturated rings. The highest BCUT2D eigenvalue weighted by Gasteiger charge is 2.28. The number of halogens is 4. The van der Waals surface area contributed by atoms with Crippen LogP contribution in [0.3, 0.4) is 0 Å². The van der Waals surface area contributed by atoms with Gasteiger partial charge in [-0.3, -0.25) is 9.20 Å². The van der Waals surface area contributed by atoms with Crippen molar-refractivity contribution >= 4 is 33.2 Å². The number of carbonyl (C=O) groups excluding carboxylic acids is 1. The number of carbonyl (C=O) groups is 1. The van der Waals surface area contributed by atoms with Gasteiger partial charge in [-0.25, -0.2) is 9.71 Å². The number of alkyl halides is 3. The highest BCUT2D eigenvalue weighted by Crippen LogP contribution is 2.22. The topological polar surface area (TPSA) is 89.8 Å². The molecule has 12 heteroatoms. The zero-order valence-electron chi connectivity index (χ0n) is 11.9. The predicted molar refractivity (Wildman–Crippen MR) is 77.0 cm³/mol. The molecule has 1 N–H and O–H groups in total. The number of nitrogens with zero attached hydrogens (tertiary/aromatic N) is 2. The fourth-order valence-corrected chi connectivity index (χ4v) is 3.45. The fraction of sp³-hybridized carbons (Fsp3) is 0.333. The van der Waals surface area contributed by atoms with Crippen molar-refractivity contribution in [3.05, 3.63) is 29.5 Å². The van der Waals surface area contributed by atoms with Gasteiger partial charge in [-0.2, -0.15) is 21.6 Å². The SMILES string of the molecule is O=C(CCOCC(F)(F)F)NS(=O)(=O)c1c(Cl)nc2ccccn12. The first-order valence-electron chi connectivity index (χ1n) is 6.43. The summed E-state index contributed by atoms with van der Waals surface area (Å²) >= 11 is 5.80. The monoisotopic (exact) mass is 385 g/mol. The number of hydrogen-bond donors (Lipinski definition) is 1. The van der Waals surface area contributed by atoms with Crippen LogP contribution in [0.1, 0.15) is 6.42 Å². The van der Waals surface area contributed by atoms with Crippen LogP contribution in [0.4, 0.5) is 13.2 Å². The molecule has 2 heterocycles. The summed E-state index contributed by atoms with van der Waals surface area (Å²) in [5.41, 5.74) is 0.254. The van der Waals surface area contributed by atoms with E-state index in [4.69, 9.17) is 11.6 Å². The maximum atomic E-state index is 12.2. The quantitative estimate of drug-likeness (QED) is 0.765. The van der Waals surface area contributed by atoms with Crippen molar-refractivity contribution in [2.45, 2.75) is 17.6 Å². The number of pyridine rings is 1. The molecule has 132 valence electrons. The average Bonchev–Trinajstić information content (AvgIpc) is 2.78. The first-order chi connectivity index (χ1) is 11.1. The Morgan fingerprint density at radius 2 is 2.08 bits per heavy atom. The zero-order valence-corrected chi connectivity index (χ0v) is 13.5. The molecule has 0 bridgehead atoms. The smallest absolute Gasteiger partial charge is 0.372 e. The Labute approximate surface area is 139 Å². The van der Waals surface area contributed by atoms with Crippen molar-refractivity contribution in [1.29, 1.82) is 0 Å². The molecule has 0 unspecified atom stereocenters. The number of amides is 1. The molecule has 24 heavy (non-hydrogen) atoms. The first-order valence-corrected chi connectivity index (χ1v) is 8.29. The summed E-state index contributed by atoms with van der Waals surface area (Å²) in [5, 5.41) is -0.779. The Balaban J connectivity index is 2.05. The summed E-state index contributed by atoms with van der Waals surface area (Å²) in [6.45, 7) is -2.10. The van der Waals surface area contributed by atoms with E-state index in [9.17, 15) is 26.4 Å². The number of ether oxygens (including phenoxy) is 1. The number of fused-ring (bicyclic) bond motifs is 1. The largest absolute Gasteiger partial charge is 0.411 e. The van der Waals surface area contributed by atoms with Crippen LogP contribution in [0, 0.1) is 0 Å². The van der Waals surface area contributed by atoms with Crippen LogP contribution in [0.2, 0.25) is 5.15 Å². The highest BCUT2D eigenvalue weighted by atomic mass is 35.5. The number of rotatable bonds is 6. The summed E-state index contributed by atoms with van der Waals surface area (Å²) in [5.74, 6) is -1.03. The third kappa shape index (κ3) is 4.58. The summed E-state index contributed by atoms with van der Waals surface area (Å²) in [4.78, 5) is 15.4. The third-order valence-electron chi connectivity index (χ3n) is 2.69. The van der Waals surface area contributed by atoms with Gasteiger partial charge in [-0.15, -0.1) is 0 Å². The molecular formula is C12H11ClF3N3O4S. The molecular weight excluding hydrogens is 375 g/mol. The van der Waals surface area contributed by atoms with Gasteiger partial charge in [-0.1, -0.05) is 17.7 Å². The standard InChI is InChI=1S/C12H11ClF3N3O4S/c13-10-11(19-5-2-1-3-8(19)17-10)24(21,22)18-9(20)4-6-23-7-12(14,15)16/h1-3,5H,4,6-7H2,(H,18,20). The molecule has 0 atom stereocenters. The van der Waals surface area contributed by atoms with Crippen LogP contribution in [-0.4, -0.2) is 43.1 Å². The second kappa shape index (κ2) is 6.95. The molecule has 1 amide bonds. The minimum absolute atomic E-state index is 0.254. The Hall–Kier alpha value is -1.85. The normalized spacial score (nSPS) is 12.5. The summed E-state index contributed by atoms with van der Waals surface area (Å²) in [7, 11) is -4.35. The van der Waals surface area contributed by atoms with Crippen molar-refractivity contribution in [3.8, 4) is 0 Å². The molecule has 0 aliphatic carbocycles. The van der Waals surface area contributed by atoms with Crippen molar-refractivity contribution in [2.24, 2.45) is 0 Å². The molecule has 7 nitrogen and oxygen atoms in total. The van der Waals surface area contributed by atoms with E-state index >= 15 is 0 Å². The number of imidazole rings is 1. The Bertz CT molecular complexity index is 851. The second-order valence-electron chi connectivity index (χ2n) is 4.58. The van der Waals surface area contributed by atoms with Crippen LogP contribution < -0.4 is 4.72 Å². The molecule has 0 saturated carbocycles. The zero-order chi connectivity index (χ0) is 18.0. The number of nitrogens with one attached hydrogen (secondary N) is 1. The van der Waals surface area contributed by atoms with Crippen molar-refractivity contribution in [1.82, 2.24) is 14.1 Å². The molecule has 0 radical (unpaired) electrons. The van der Waals surface area contributed by atoms with Crippen LogP contribution >= 0.6 is 11.6 Å². The molecule has 2 aromatic rings. The first kappa shape index (κ1) is 18.5. The highest BCUT2D eigenvalue weighted by molar-refractivity contribution is 7.90. The average molecular weight is 386 g/mol. The van der Waals surface area contributed by atoms with Crippen LogP contribution in [0.25, 0.3) is 5.65 Å². The lowest BCUT2D eigenvalue weighted by molar-refractivity contribution is -0.174. The van der Waals surface area contributed by atoms with E-state index < -0.39 is 46.8 Å². The van der Waals surface area contributed by atoms with E-state index in [2.05, 4.69) is 9.72 Å². The van der Waals surface area contributed by atoms with E-state index in [-0.39, 0.29) is 10.8 Å². The van der Waals surface area contributed by atoms with Gasteiger partial charge in [0.1, 0.15) is 12.3 Å². The summed E-state index contributed by atoms with van der Waals surface area (Å²) in [6, 6.07) is 4.67. The Kier molecular flexibility index (Phi) is 5.35. The lowest BCUT2D eigenvalue weighted by Gasteiger charge is -2.09. The van der Waals surface area contributed by atoms with Crippen molar-refractivity contribution < 1.29 is 31.1 Å². The van der Waals surface area contributed by atoms with Gasteiger partial charge in [0.25, 0.3) is 10.0 Å². The van der Waals surface area contributed by atoms with Crippen molar-refractivity contribution in [2.75, 3.05) is 13.2 Å². The van der Waals surface area contributed by atoms with Crippen LogP contribution in [0.15, 0.2) is 29.4 Å². The predicted octanol–water partition coefficient (Wildman–Crippen LogP) is 1.76. The summed E-state index contributed by atoms with van der Waals surface area (Å²) < 4.78 is 67.2. The van der Waals surface area contributed by atoms with E-state index in [1.165, 1.54) is 18.3 Å². The van der Waals surface area contributed by atoms with Gasteiger partial charge in [0.05, 0.1) is 13.0 Å². The van der Waals surface area contributed by atoms with Gasteiger partial charge in [0.2, 0.25) is 5.91 Å². The van der Waals surface area contributed by atoms with Gasteiger partial charge < -0.3 is 4.74 Å². The third-order valence-corrected chi connectivity index (χ3v) is 4.46. The van der Waals surface area contributed by atoms with E-state index in [1.807, 2.05) is 0 Å². The molecule has 0 spiro atoms. The van der Waals surface area contributed by atoms with Gasteiger partial charge in [-0.05, 0) is 12.1 Å². The molecule has 2 aromatic heterocycles. The Morgan fingerprint density at radius 1 is 1.38 bits per heavy atom. The van der Waals surface area contributed by atoms with Gasteiger partial charge in [0.15, 0.2) is 10.2 Å². The van der Waals surface area contributed by atoms with E-state index in [0.717, 1.165) is 4.40 Å². The molecule has 0 aliphatic rings. The maximum Gasteiger partial charge on any atom is 0.411 e. The lowest BCUT2D eigenvalue weighted by atomic mass is 10.4. The van der Waals surface area contributed by atoms with Crippen LogP contribution in [-0.2, 0) is 19.6 Å². The lowest BCUT2D eigenvalue weighted by Crippen LogP contribution is -2.32. The molecule has 2 rings (SSSR count). The van der Waals surface area contributed by atoms with Crippen LogP contribution in [0.5, 0.6) is 0 Å². The summed E-state index contributed by atoms with van der Waals surface area (Å²) in [6.07, 6.45) is -3.70. The minimum Gasteiger partial charge on any atom is -0.372 e. The van der Waals surface area contributed by atoms with E-state index in [0.29, 0.717) is 0 Å². The molecule has 0 aliphatic heterocycles. The molecule has 0 saturated heterocycles. The Morgan fingerprint density at radius 3 is 2.75 bits per heavy atom. The molecule has 0 aromatic carbocycles. The number of hydrogen-bond acceptors (Lipinski definition) is 5. The number of aromatic nitrogens is 2. The maximum absolute atomic E-state index is 12.2. The van der Waals surface area contributed by atoms with Gasteiger partial charge in [0, 0.05) is 6.20 Å².